The maximum absolute atomic E-state index is 12.9. The normalized spacial score (nSPS) is 10.5. The molecule has 0 bridgehead atoms. The Morgan fingerprint density at radius 2 is 1.65 bits per heavy atom. The minimum Gasteiger partial charge on any atom is -0.496 e. The van der Waals surface area contributed by atoms with E-state index in [4.69, 9.17) is 13.9 Å². The number of para-hydroxylation sites is 1. The summed E-state index contributed by atoms with van der Waals surface area (Å²) in [6, 6.07) is 13.1. The smallest absolute Gasteiger partial charge is 0.336 e. The second-order valence-corrected chi connectivity index (χ2v) is 4.87. The highest BCUT2D eigenvalue weighted by molar-refractivity contribution is 6.13. The van der Waals surface area contributed by atoms with E-state index in [1.807, 2.05) is 0 Å². The third-order valence-electron chi connectivity index (χ3n) is 3.54. The molecular formula is C18H14O5. The maximum atomic E-state index is 12.9. The van der Waals surface area contributed by atoms with E-state index in [1.165, 1.54) is 20.3 Å². The van der Waals surface area contributed by atoms with Gasteiger partial charge in [-0.15, -0.1) is 0 Å². The average Bonchev–Trinajstić information content (AvgIpc) is 2.59. The molecule has 0 aliphatic heterocycles. The topological polar surface area (TPSA) is 65.7 Å². The summed E-state index contributed by atoms with van der Waals surface area (Å²) in [4.78, 5) is 24.2. The molecule has 3 rings (SSSR count). The van der Waals surface area contributed by atoms with Crippen LogP contribution in [-0.4, -0.2) is 20.0 Å². The van der Waals surface area contributed by atoms with E-state index in [2.05, 4.69) is 0 Å². The van der Waals surface area contributed by atoms with Crippen LogP contribution in [0.5, 0.6) is 11.5 Å². The number of benzene rings is 2. The Labute approximate surface area is 132 Å². The molecule has 116 valence electrons. The quantitative estimate of drug-likeness (QED) is 0.547. The van der Waals surface area contributed by atoms with E-state index in [0.717, 1.165) is 0 Å². The molecule has 0 saturated heterocycles. The SMILES string of the molecule is COc1ccccc1C(=O)c1cc2ccc(=O)oc2cc1OC. The fourth-order valence-corrected chi connectivity index (χ4v) is 2.42. The molecule has 5 nitrogen and oxygen atoms in total. The highest BCUT2D eigenvalue weighted by Crippen LogP contribution is 2.29. The van der Waals surface area contributed by atoms with Crippen LogP contribution in [0.4, 0.5) is 0 Å². The first kappa shape index (κ1) is 14.8. The second-order valence-electron chi connectivity index (χ2n) is 4.87. The van der Waals surface area contributed by atoms with Gasteiger partial charge in [0.15, 0.2) is 0 Å². The molecule has 0 unspecified atom stereocenters. The molecule has 0 radical (unpaired) electrons. The summed E-state index contributed by atoms with van der Waals surface area (Å²) >= 11 is 0. The van der Waals surface area contributed by atoms with Crippen molar-refractivity contribution >= 4 is 16.8 Å². The predicted octanol–water partition coefficient (Wildman–Crippen LogP) is 3.04. The van der Waals surface area contributed by atoms with Gasteiger partial charge in [0.1, 0.15) is 17.1 Å². The van der Waals surface area contributed by atoms with Crippen LogP contribution >= 0.6 is 0 Å². The Morgan fingerprint density at radius 1 is 0.913 bits per heavy atom. The van der Waals surface area contributed by atoms with Crippen molar-refractivity contribution in [2.24, 2.45) is 0 Å². The molecule has 0 N–H and O–H groups in total. The van der Waals surface area contributed by atoms with Crippen molar-refractivity contribution in [2.75, 3.05) is 14.2 Å². The van der Waals surface area contributed by atoms with Gasteiger partial charge in [0.2, 0.25) is 5.78 Å². The van der Waals surface area contributed by atoms with E-state index < -0.39 is 5.63 Å². The molecule has 3 aromatic rings. The van der Waals surface area contributed by atoms with Gasteiger partial charge in [-0.2, -0.15) is 0 Å². The monoisotopic (exact) mass is 310 g/mol. The van der Waals surface area contributed by atoms with Gasteiger partial charge < -0.3 is 13.9 Å². The molecule has 0 aliphatic rings. The zero-order chi connectivity index (χ0) is 16.4. The van der Waals surface area contributed by atoms with E-state index in [9.17, 15) is 9.59 Å². The third kappa shape index (κ3) is 2.68. The van der Waals surface area contributed by atoms with E-state index >= 15 is 0 Å². The molecule has 5 heteroatoms. The number of methoxy groups -OCH3 is 2. The van der Waals surface area contributed by atoms with Gasteiger partial charge in [-0.3, -0.25) is 4.79 Å². The first-order valence-electron chi connectivity index (χ1n) is 6.93. The van der Waals surface area contributed by atoms with Gasteiger partial charge in [-0.05, 0) is 24.3 Å². The number of rotatable bonds is 4. The summed E-state index contributed by atoms with van der Waals surface area (Å²) in [6.45, 7) is 0. The van der Waals surface area contributed by atoms with Crippen molar-refractivity contribution < 1.29 is 18.7 Å². The van der Waals surface area contributed by atoms with E-state index in [0.29, 0.717) is 33.6 Å². The Kier molecular flexibility index (Phi) is 3.85. The molecule has 0 spiro atoms. The standard InChI is InChI=1S/C18H14O5/c1-21-14-6-4-3-5-12(14)18(20)13-9-11-7-8-17(19)23-15(11)10-16(13)22-2/h3-10H,1-2H3. The lowest BCUT2D eigenvalue weighted by Crippen LogP contribution is -2.06. The summed E-state index contributed by atoms with van der Waals surface area (Å²) in [7, 11) is 2.97. The number of carbonyl (C=O) groups excluding carboxylic acids is 1. The number of ether oxygens (including phenoxy) is 2. The van der Waals surface area contributed by atoms with E-state index in [-0.39, 0.29) is 5.78 Å². The molecule has 0 saturated carbocycles. The Hall–Kier alpha value is -3.08. The lowest BCUT2D eigenvalue weighted by Gasteiger charge is -2.11. The zero-order valence-electron chi connectivity index (χ0n) is 12.7. The van der Waals surface area contributed by atoms with Gasteiger partial charge >= 0.3 is 5.63 Å². The minimum absolute atomic E-state index is 0.229. The molecule has 23 heavy (non-hydrogen) atoms. The van der Waals surface area contributed by atoms with Crippen LogP contribution in [0.3, 0.4) is 0 Å². The van der Waals surface area contributed by atoms with Crippen molar-refractivity contribution in [1.82, 2.24) is 0 Å². The molecule has 0 amide bonds. The lowest BCUT2D eigenvalue weighted by molar-refractivity contribution is 0.103. The van der Waals surface area contributed by atoms with Crippen LogP contribution in [-0.2, 0) is 0 Å². The molecular weight excluding hydrogens is 296 g/mol. The summed E-state index contributed by atoms with van der Waals surface area (Å²) in [5, 5.41) is 0.642. The molecule has 1 heterocycles. The van der Waals surface area contributed by atoms with Gasteiger partial charge in [-0.1, -0.05) is 12.1 Å². The summed E-state index contributed by atoms with van der Waals surface area (Å²) in [5.41, 5.74) is 0.720. The molecule has 1 aromatic heterocycles. The van der Waals surface area contributed by atoms with Gasteiger partial charge in [0.05, 0.1) is 25.3 Å². The Balaban J connectivity index is 2.20. The van der Waals surface area contributed by atoms with Crippen molar-refractivity contribution in [3.63, 3.8) is 0 Å². The van der Waals surface area contributed by atoms with Crippen LogP contribution < -0.4 is 15.1 Å². The summed E-state index contributed by atoms with van der Waals surface area (Å²) in [5.74, 6) is 0.592. The fraction of sp³-hybridized carbons (Fsp3) is 0.111. The van der Waals surface area contributed by atoms with Crippen LogP contribution in [0.25, 0.3) is 11.0 Å². The molecule has 0 aliphatic carbocycles. The number of ketones is 1. The van der Waals surface area contributed by atoms with Crippen LogP contribution in [0.2, 0.25) is 0 Å². The van der Waals surface area contributed by atoms with Gasteiger partial charge in [0.25, 0.3) is 0 Å². The highest BCUT2D eigenvalue weighted by atomic mass is 16.5. The van der Waals surface area contributed by atoms with Crippen molar-refractivity contribution in [3.05, 3.63) is 70.1 Å². The minimum atomic E-state index is -0.455. The maximum Gasteiger partial charge on any atom is 0.336 e. The van der Waals surface area contributed by atoms with Crippen molar-refractivity contribution in [1.29, 1.82) is 0 Å². The Bertz CT molecular complexity index is 940. The van der Waals surface area contributed by atoms with Crippen LogP contribution in [0.1, 0.15) is 15.9 Å². The second kappa shape index (κ2) is 5.96. The van der Waals surface area contributed by atoms with Crippen molar-refractivity contribution in [3.8, 4) is 11.5 Å². The number of hydrogen-bond acceptors (Lipinski definition) is 5. The zero-order valence-corrected chi connectivity index (χ0v) is 12.7. The van der Waals surface area contributed by atoms with Crippen molar-refractivity contribution in [2.45, 2.75) is 0 Å². The first-order valence-corrected chi connectivity index (χ1v) is 6.93. The van der Waals surface area contributed by atoms with Gasteiger partial charge in [0, 0.05) is 17.5 Å². The Morgan fingerprint density at radius 3 is 2.39 bits per heavy atom. The number of hydrogen-bond donors (Lipinski definition) is 0. The highest BCUT2D eigenvalue weighted by Gasteiger charge is 2.19. The summed E-state index contributed by atoms with van der Waals surface area (Å²) < 4.78 is 15.6. The largest absolute Gasteiger partial charge is 0.496 e. The van der Waals surface area contributed by atoms with Crippen LogP contribution in [0.15, 0.2) is 57.7 Å². The predicted molar refractivity (Wildman–Crippen MR) is 85.5 cm³/mol. The third-order valence-corrected chi connectivity index (χ3v) is 3.54. The fourth-order valence-electron chi connectivity index (χ4n) is 2.42. The molecule has 0 atom stereocenters. The number of carbonyl (C=O) groups is 1. The number of fused-ring (bicyclic) bond motifs is 1. The van der Waals surface area contributed by atoms with Gasteiger partial charge in [-0.25, -0.2) is 4.79 Å². The average molecular weight is 310 g/mol. The van der Waals surface area contributed by atoms with Crippen LogP contribution in [0, 0.1) is 0 Å². The summed E-state index contributed by atoms with van der Waals surface area (Å²) in [6.07, 6.45) is 0. The first-order chi connectivity index (χ1) is 11.1. The molecule has 0 fully saturated rings. The lowest BCUT2D eigenvalue weighted by atomic mass is 10.00. The molecule has 2 aromatic carbocycles. The van der Waals surface area contributed by atoms with E-state index in [1.54, 1.807) is 42.5 Å².